The second kappa shape index (κ2) is 7.52. The monoisotopic (exact) mass is 417 g/mol. The van der Waals surface area contributed by atoms with Crippen molar-refractivity contribution < 1.29 is 0 Å². The van der Waals surface area contributed by atoms with Crippen molar-refractivity contribution in [3.63, 3.8) is 0 Å². The predicted octanol–water partition coefficient (Wildman–Crippen LogP) is 6.83. The number of benzene rings is 2. The van der Waals surface area contributed by atoms with E-state index in [-0.39, 0.29) is 0 Å². The molecule has 0 N–H and O–H groups in total. The first-order valence-electron chi connectivity index (χ1n) is 11.5. The molecule has 2 aromatic carbocycles. The highest BCUT2D eigenvalue weighted by Gasteiger charge is 2.21. The van der Waals surface area contributed by atoms with Crippen molar-refractivity contribution in [2.45, 2.75) is 25.7 Å². The summed E-state index contributed by atoms with van der Waals surface area (Å²) in [6.45, 7) is 0. The first kappa shape index (κ1) is 19.1. The average Bonchev–Trinajstić information content (AvgIpc) is 3.27. The van der Waals surface area contributed by atoms with Gasteiger partial charge in [-0.2, -0.15) is 0 Å². The highest BCUT2D eigenvalue weighted by molar-refractivity contribution is 5.93. The highest BCUT2D eigenvalue weighted by atomic mass is 15.0. The lowest BCUT2D eigenvalue weighted by Gasteiger charge is -2.11. The normalized spacial score (nSPS) is 14.9. The Bertz CT molecular complexity index is 1390. The molecule has 3 heteroatoms. The molecule has 0 aliphatic carbocycles. The maximum Gasteiger partial charge on any atom is 0.0877 e. The van der Waals surface area contributed by atoms with Crippen LogP contribution in [0.25, 0.3) is 44.6 Å². The van der Waals surface area contributed by atoms with Crippen molar-refractivity contribution in [1.82, 2.24) is 14.1 Å². The molecule has 5 aromatic rings. The minimum Gasteiger partial charge on any atom is -0.342 e. The Morgan fingerprint density at radius 1 is 0.594 bits per heavy atom. The molecule has 0 saturated carbocycles. The van der Waals surface area contributed by atoms with Gasteiger partial charge in [0, 0.05) is 35.9 Å². The molecule has 3 aromatic heterocycles. The molecule has 0 atom stereocenters. The molecule has 0 radical (unpaired) electrons. The zero-order valence-electron chi connectivity index (χ0n) is 18.7. The number of rotatable bonds is 0. The van der Waals surface area contributed by atoms with Gasteiger partial charge in [0.15, 0.2) is 0 Å². The zero-order valence-corrected chi connectivity index (χ0v) is 18.7. The molecular weight excluding hydrogens is 390 g/mol. The SMILES string of the molecule is Cn1c2c(c3ccccc31)CC/C=C\CCc1c(n(C)c3ccccc13)-c1cccc-2n1. The minimum absolute atomic E-state index is 1.02. The van der Waals surface area contributed by atoms with Gasteiger partial charge in [-0.3, -0.25) is 0 Å². The second-order valence-corrected chi connectivity index (χ2v) is 8.76. The maximum absolute atomic E-state index is 5.27. The minimum atomic E-state index is 1.02. The molecule has 2 bridgehead atoms. The Morgan fingerprint density at radius 2 is 1.06 bits per heavy atom. The van der Waals surface area contributed by atoms with Crippen LogP contribution in [0.4, 0.5) is 0 Å². The van der Waals surface area contributed by atoms with E-state index in [0.717, 1.165) is 37.1 Å². The first-order chi connectivity index (χ1) is 15.7. The van der Waals surface area contributed by atoms with Crippen molar-refractivity contribution in [2.75, 3.05) is 0 Å². The molecule has 3 nitrogen and oxygen atoms in total. The molecule has 1 aliphatic heterocycles. The van der Waals surface area contributed by atoms with Crippen molar-refractivity contribution >= 4 is 21.8 Å². The van der Waals surface area contributed by atoms with Crippen LogP contribution in [0.3, 0.4) is 0 Å². The highest BCUT2D eigenvalue weighted by Crippen LogP contribution is 2.37. The summed E-state index contributed by atoms with van der Waals surface area (Å²) >= 11 is 0. The number of para-hydroxylation sites is 2. The van der Waals surface area contributed by atoms with Gasteiger partial charge in [0.1, 0.15) is 0 Å². The number of aryl methyl sites for hydroxylation is 4. The number of fused-ring (bicyclic) bond motifs is 10. The summed E-state index contributed by atoms with van der Waals surface area (Å²) in [5.41, 5.74) is 9.91. The fourth-order valence-electron chi connectivity index (χ4n) is 5.49. The van der Waals surface area contributed by atoms with Gasteiger partial charge < -0.3 is 9.13 Å². The lowest BCUT2D eigenvalue weighted by molar-refractivity contribution is 0.936. The third-order valence-electron chi connectivity index (χ3n) is 6.95. The molecule has 1 aliphatic rings. The van der Waals surface area contributed by atoms with E-state index in [2.05, 4.69) is 102 Å². The number of hydrogen-bond donors (Lipinski definition) is 0. The Kier molecular flexibility index (Phi) is 4.50. The molecule has 6 rings (SSSR count). The topological polar surface area (TPSA) is 22.8 Å². The predicted molar refractivity (Wildman–Crippen MR) is 134 cm³/mol. The van der Waals surface area contributed by atoms with Gasteiger partial charge in [0.2, 0.25) is 0 Å². The quantitative estimate of drug-likeness (QED) is 0.253. The molecule has 0 spiro atoms. The van der Waals surface area contributed by atoms with Crippen LogP contribution in [-0.2, 0) is 26.9 Å². The van der Waals surface area contributed by atoms with E-state index in [9.17, 15) is 0 Å². The number of allylic oxidation sites excluding steroid dienone is 2. The van der Waals surface area contributed by atoms with Gasteiger partial charge in [-0.25, -0.2) is 4.98 Å². The first-order valence-corrected chi connectivity index (χ1v) is 11.5. The van der Waals surface area contributed by atoms with Crippen LogP contribution in [0.15, 0.2) is 78.9 Å². The molecule has 0 amide bonds. The summed E-state index contributed by atoms with van der Waals surface area (Å²) < 4.78 is 4.64. The Hall–Kier alpha value is -3.59. The maximum atomic E-state index is 5.27. The molecule has 0 saturated heterocycles. The summed E-state index contributed by atoms with van der Waals surface area (Å²) in [4.78, 5) is 5.27. The summed E-state index contributed by atoms with van der Waals surface area (Å²) in [5, 5.41) is 2.68. The van der Waals surface area contributed by atoms with Gasteiger partial charge in [0.05, 0.1) is 22.8 Å². The lowest BCUT2D eigenvalue weighted by Crippen LogP contribution is -2.00. The van der Waals surface area contributed by atoms with E-state index < -0.39 is 0 Å². The smallest absolute Gasteiger partial charge is 0.0877 e. The van der Waals surface area contributed by atoms with Crippen LogP contribution < -0.4 is 0 Å². The van der Waals surface area contributed by atoms with Gasteiger partial charge in [-0.1, -0.05) is 54.6 Å². The van der Waals surface area contributed by atoms with Crippen LogP contribution in [0.2, 0.25) is 0 Å². The molecule has 158 valence electrons. The van der Waals surface area contributed by atoms with E-state index in [1.54, 1.807) is 0 Å². The van der Waals surface area contributed by atoms with Gasteiger partial charge in [-0.15, -0.1) is 0 Å². The van der Waals surface area contributed by atoms with Gasteiger partial charge in [-0.05, 0) is 61.1 Å². The van der Waals surface area contributed by atoms with E-state index in [1.807, 2.05) is 0 Å². The Morgan fingerprint density at radius 3 is 1.56 bits per heavy atom. The Balaban J connectivity index is 1.66. The largest absolute Gasteiger partial charge is 0.342 e. The van der Waals surface area contributed by atoms with Gasteiger partial charge in [0.25, 0.3) is 0 Å². The van der Waals surface area contributed by atoms with Gasteiger partial charge >= 0.3 is 0 Å². The molecular formula is C29H27N3. The van der Waals surface area contributed by atoms with Crippen molar-refractivity contribution in [3.8, 4) is 22.8 Å². The number of hydrogen-bond acceptors (Lipinski definition) is 1. The van der Waals surface area contributed by atoms with Crippen LogP contribution in [-0.4, -0.2) is 14.1 Å². The van der Waals surface area contributed by atoms with E-state index in [0.29, 0.717) is 0 Å². The standard InChI is InChI=1S/C29H27N3/c1-31-26-18-9-7-12-20(26)22-14-5-3-4-6-15-23-21-13-8-10-19-27(21)32(2)29(23)25-17-11-16-24(30-25)28(22)31/h3-4,7-13,16-19H,5-6,14-15H2,1-2H3/b4-3-. The second-order valence-electron chi connectivity index (χ2n) is 8.76. The number of aromatic nitrogens is 3. The molecule has 4 heterocycles. The average molecular weight is 418 g/mol. The summed E-state index contributed by atoms with van der Waals surface area (Å²) in [7, 11) is 4.34. The molecule has 0 unspecified atom stereocenters. The summed E-state index contributed by atoms with van der Waals surface area (Å²) in [5.74, 6) is 0. The van der Waals surface area contributed by atoms with Crippen LogP contribution >= 0.6 is 0 Å². The summed E-state index contributed by atoms with van der Waals surface area (Å²) in [6, 6.07) is 24.0. The van der Waals surface area contributed by atoms with Crippen molar-refractivity contribution in [2.24, 2.45) is 14.1 Å². The van der Waals surface area contributed by atoms with Crippen LogP contribution in [0, 0.1) is 0 Å². The van der Waals surface area contributed by atoms with Crippen LogP contribution in [0.1, 0.15) is 24.0 Å². The van der Waals surface area contributed by atoms with Crippen LogP contribution in [0.5, 0.6) is 0 Å². The lowest BCUT2D eigenvalue weighted by atomic mass is 10.0. The van der Waals surface area contributed by atoms with Crippen molar-refractivity contribution in [3.05, 3.63) is 90.0 Å². The zero-order chi connectivity index (χ0) is 21.7. The third kappa shape index (κ3) is 2.85. The fraction of sp³-hybridized carbons (Fsp3) is 0.207. The van der Waals surface area contributed by atoms with E-state index >= 15 is 0 Å². The number of pyridine rings is 1. The third-order valence-corrected chi connectivity index (χ3v) is 6.95. The van der Waals surface area contributed by atoms with E-state index in [1.165, 1.54) is 44.3 Å². The van der Waals surface area contributed by atoms with E-state index in [4.69, 9.17) is 4.98 Å². The molecule has 32 heavy (non-hydrogen) atoms. The fourth-order valence-corrected chi connectivity index (χ4v) is 5.49. The van der Waals surface area contributed by atoms with Crippen molar-refractivity contribution in [1.29, 1.82) is 0 Å². The summed E-state index contributed by atoms with van der Waals surface area (Å²) in [6.07, 6.45) is 8.85. The molecule has 0 fully saturated rings. The Labute approximate surface area is 188 Å². The number of nitrogens with zero attached hydrogens (tertiary/aromatic N) is 3.